The Morgan fingerprint density at radius 1 is 1.57 bits per heavy atom. The minimum Gasteiger partial charge on any atom is -0.381 e. The number of nitrogens with two attached hydrogens (primary N) is 1. The molecule has 1 saturated carbocycles. The first kappa shape index (κ1) is 11.3. The summed E-state index contributed by atoms with van der Waals surface area (Å²) in [5, 5.41) is 3.23. The van der Waals surface area contributed by atoms with Gasteiger partial charge in [-0.25, -0.2) is 0 Å². The van der Waals surface area contributed by atoms with Gasteiger partial charge >= 0.3 is 0 Å². The van der Waals surface area contributed by atoms with Crippen molar-refractivity contribution >= 4 is 5.96 Å². The van der Waals surface area contributed by atoms with Crippen molar-refractivity contribution in [3.8, 4) is 0 Å². The molecule has 4 nitrogen and oxygen atoms in total. The average molecular weight is 199 g/mol. The van der Waals surface area contributed by atoms with E-state index in [0.29, 0.717) is 18.1 Å². The largest absolute Gasteiger partial charge is 0.381 e. The third-order valence-electron chi connectivity index (χ3n) is 2.58. The zero-order valence-corrected chi connectivity index (χ0v) is 9.12. The highest BCUT2D eigenvalue weighted by Crippen LogP contribution is 2.20. The van der Waals surface area contributed by atoms with Crippen molar-refractivity contribution in [2.24, 2.45) is 10.7 Å². The Kier molecular flexibility index (Phi) is 4.73. The van der Waals surface area contributed by atoms with E-state index >= 15 is 0 Å². The van der Waals surface area contributed by atoms with Gasteiger partial charge in [0, 0.05) is 19.7 Å². The highest BCUT2D eigenvalue weighted by atomic mass is 16.5. The summed E-state index contributed by atoms with van der Waals surface area (Å²) >= 11 is 0. The van der Waals surface area contributed by atoms with Crippen LogP contribution in [0.4, 0.5) is 0 Å². The molecule has 0 heterocycles. The molecular weight excluding hydrogens is 178 g/mol. The molecular formula is C10H21N3O. The van der Waals surface area contributed by atoms with Gasteiger partial charge in [0.05, 0.1) is 6.10 Å². The molecule has 0 bridgehead atoms. The number of hydrogen-bond donors (Lipinski definition) is 2. The molecule has 1 fully saturated rings. The molecule has 4 heteroatoms. The molecule has 0 aromatic rings. The minimum absolute atomic E-state index is 0.395. The first-order valence-electron chi connectivity index (χ1n) is 5.35. The number of ether oxygens (including phenoxy) is 1. The Morgan fingerprint density at radius 3 is 2.93 bits per heavy atom. The van der Waals surface area contributed by atoms with Crippen LogP contribution in [-0.4, -0.2) is 31.8 Å². The van der Waals surface area contributed by atoms with Crippen molar-refractivity contribution in [3.05, 3.63) is 0 Å². The smallest absolute Gasteiger partial charge is 0.188 e. The number of hydrogen-bond acceptors (Lipinski definition) is 2. The number of methoxy groups -OCH3 is 1. The monoisotopic (exact) mass is 199 g/mol. The van der Waals surface area contributed by atoms with Crippen LogP contribution in [0, 0.1) is 0 Å². The summed E-state index contributed by atoms with van der Waals surface area (Å²) in [6.07, 6.45) is 4.72. The summed E-state index contributed by atoms with van der Waals surface area (Å²) in [4.78, 5) is 4.20. The third kappa shape index (κ3) is 3.54. The van der Waals surface area contributed by atoms with Crippen molar-refractivity contribution in [2.75, 3.05) is 13.7 Å². The molecule has 2 unspecified atom stereocenters. The lowest BCUT2D eigenvalue weighted by atomic mass is 10.2. The van der Waals surface area contributed by atoms with Gasteiger partial charge in [-0.05, 0) is 25.7 Å². The Hall–Kier alpha value is -0.770. The Labute approximate surface area is 85.9 Å². The second-order valence-corrected chi connectivity index (χ2v) is 3.78. The van der Waals surface area contributed by atoms with E-state index in [1.807, 2.05) is 0 Å². The summed E-state index contributed by atoms with van der Waals surface area (Å²) in [6.45, 7) is 2.90. The lowest BCUT2D eigenvalue weighted by Crippen LogP contribution is -2.39. The molecule has 0 aromatic carbocycles. The second-order valence-electron chi connectivity index (χ2n) is 3.78. The highest BCUT2D eigenvalue weighted by Gasteiger charge is 2.24. The van der Waals surface area contributed by atoms with E-state index in [2.05, 4.69) is 17.2 Å². The normalized spacial score (nSPS) is 28.0. The van der Waals surface area contributed by atoms with Crippen molar-refractivity contribution in [2.45, 2.75) is 44.8 Å². The van der Waals surface area contributed by atoms with Crippen LogP contribution in [-0.2, 0) is 4.74 Å². The van der Waals surface area contributed by atoms with Gasteiger partial charge in [-0.1, -0.05) is 6.92 Å². The van der Waals surface area contributed by atoms with E-state index in [1.165, 1.54) is 0 Å². The molecule has 1 aliphatic carbocycles. The van der Waals surface area contributed by atoms with Crippen LogP contribution >= 0.6 is 0 Å². The fraction of sp³-hybridized carbons (Fsp3) is 0.900. The number of nitrogens with one attached hydrogen (secondary N) is 1. The molecule has 0 saturated heterocycles. The van der Waals surface area contributed by atoms with Crippen LogP contribution < -0.4 is 11.1 Å². The number of guanidine groups is 1. The van der Waals surface area contributed by atoms with E-state index in [9.17, 15) is 0 Å². The zero-order chi connectivity index (χ0) is 10.4. The van der Waals surface area contributed by atoms with E-state index < -0.39 is 0 Å². The lowest BCUT2D eigenvalue weighted by Gasteiger charge is -2.13. The average Bonchev–Trinajstić information content (AvgIpc) is 2.62. The van der Waals surface area contributed by atoms with Gasteiger partial charge < -0.3 is 15.8 Å². The van der Waals surface area contributed by atoms with Crippen LogP contribution in [0.3, 0.4) is 0 Å². The SMILES string of the molecule is CCCN=C(N)NC1CCC(OC)C1. The van der Waals surface area contributed by atoms with Gasteiger partial charge in [0.1, 0.15) is 0 Å². The van der Waals surface area contributed by atoms with Crippen molar-refractivity contribution in [1.82, 2.24) is 5.32 Å². The maximum Gasteiger partial charge on any atom is 0.188 e. The molecule has 1 aliphatic rings. The van der Waals surface area contributed by atoms with E-state index in [4.69, 9.17) is 10.5 Å². The van der Waals surface area contributed by atoms with Gasteiger partial charge in [0.25, 0.3) is 0 Å². The Morgan fingerprint density at radius 2 is 2.36 bits per heavy atom. The van der Waals surface area contributed by atoms with E-state index in [1.54, 1.807) is 7.11 Å². The molecule has 2 atom stereocenters. The van der Waals surface area contributed by atoms with Gasteiger partial charge in [0.2, 0.25) is 0 Å². The topological polar surface area (TPSA) is 59.6 Å². The molecule has 1 rings (SSSR count). The summed E-state index contributed by atoms with van der Waals surface area (Å²) in [5.41, 5.74) is 5.72. The quantitative estimate of drug-likeness (QED) is 0.521. The standard InChI is InChI=1S/C10H21N3O/c1-3-6-12-10(11)13-8-4-5-9(7-8)14-2/h8-9H,3-7H2,1-2H3,(H3,11,12,13). The first-order chi connectivity index (χ1) is 6.76. The zero-order valence-electron chi connectivity index (χ0n) is 9.12. The Balaban J connectivity index is 2.24. The summed E-state index contributed by atoms with van der Waals surface area (Å²) in [5.74, 6) is 0.577. The van der Waals surface area contributed by atoms with Gasteiger partial charge in [-0.15, -0.1) is 0 Å². The number of nitrogens with zero attached hydrogens (tertiary/aromatic N) is 1. The molecule has 0 radical (unpaired) electrons. The van der Waals surface area contributed by atoms with Crippen LogP contribution in [0.1, 0.15) is 32.6 Å². The third-order valence-corrected chi connectivity index (χ3v) is 2.58. The van der Waals surface area contributed by atoms with Crippen molar-refractivity contribution in [1.29, 1.82) is 0 Å². The molecule has 14 heavy (non-hydrogen) atoms. The summed E-state index contributed by atoms with van der Waals surface area (Å²) < 4.78 is 5.28. The van der Waals surface area contributed by atoms with Gasteiger partial charge in [0.15, 0.2) is 5.96 Å². The molecule has 3 N–H and O–H groups in total. The predicted octanol–water partition coefficient (Wildman–Crippen LogP) is 0.868. The van der Waals surface area contributed by atoms with Gasteiger partial charge in [-0.3, -0.25) is 4.99 Å². The Bertz CT molecular complexity index is 194. The molecule has 82 valence electrons. The lowest BCUT2D eigenvalue weighted by molar-refractivity contribution is 0.107. The summed E-state index contributed by atoms with van der Waals surface area (Å²) in [7, 11) is 1.77. The molecule has 0 aromatic heterocycles. The fourth-order valence-electron chi connectivity index (χ4n) is 1.77. The minimum atomic E-state index is 0.395. The van der Waals surface area contributed by atoms with Crippen LogP contribution in [0.2, 0.25) is 0 Å². The molecule has 0 spiro atoms. The van der Waals surface area contributed by atoms with E-state index in [0.717, 1.165) is 32.2 Å². The van der Waals surface area contributed by atoms with Gasteiger partial charge in [-0.2, -0.15) is 0 Å². The number of rotatable bonds is 4. The predicted molar refractivity (Wildman–Crippen MR) is 58.4 cm³/mol. The van der Waals surface area contributed by atoms with E-state index in [-0.39, 0.29) is 0 Å². The highest BCUT2D eigenvalue weighted by molar-refractivity contribution is 5.78. The van der Waals surface area contributed by atoms with Crippen LogP contribution in [0.15, 0.2) is 4.99 Å². The summed E-state index contributed by atoms with van der Waals surface area (Å²) in [6, 6.07) is 0.445. The van der Waals surface area contributed by atoms with Crippen LogP contribution in [0.5, 0.6) is 0 Å². The van der Waals surface area contributed by atoms with Crippen molar-refractivity contribution in [3.63, 3.8) is 0 Å². The second kappa shape index (κ2) is 5.86. The molecule has 0 aliphatic heterocycles. The maximum absolute atomic E-state index is 5.72. The first-order valence-corrected chi connectivity index (χ1v) is 5.35. The van der Waals surface area contributed by atoms with Crippen LogP contribution in [0.25, 0.3) is 0 Å². The molecule has 0 amide bonds. The number of aliphatic imine (C=N–C) groups is 1. The maximum atomic E-state index is 5.72. The van der Waals surface area contributed by atoms with Crippen molar-refractivity contribution < 1.29 is 4.74 Å². The fourth-order valence-corrected chi connectivity index (χ4v) is 1.77.